The zero-order valence-corrected chi connectivity index (χ0v) is 11.0. The lowest BCUT2D eigenvalue weighted by atomic mass is 10.1. The Morgan fingerprint density at radius 2 is 1.68 bits per heavy atom. The molecule has 0 heterocycles. The molecule has 0 aliphatic heterocycles. The summed E-state index contributed by atoms with van der Waals surface area (Å²) in [7, 11) is 0. The number of aromatic hydroxyl groups is 1. The fourth-order valence-electron chi connectivity index (χ4n) is 1.68. The molecule has 0 unspecified atom stereocenters. The third kappa shape index (κ3) is 4.30. The molecular formula is C15H14ClNO2. The van der Waals surface area contributed by atoms with Gasteiger partial charge in [0.1, 0.15) is 5.75 Å². The van der Waals surface area contributed by atoms with Gasteiger partial charge in [-0.15, -0.1) is 0 Å². The first-order chi connectivity index (χ1) is 9.13. The van der Waals surface area contributed by atoms with Gasteiger partial charge >= 0.3 is 0 Å². The minimum atomic E-state index is -0.0459. The second-order valence-electron chi connectivity index (χ2n) is 4.22. The standard InChI is InChI=1S/C15H14ClNO2/c16-12-4-6-13(7-5-12)17-15(19)10-3-11-1-8-14(18)9-2-11/h1-2,4-9,18H,3,10H2,(H,17,19). The molecule has 0 saturated carbocycles. The van der Waals surface area contributed by atoms with Crippen LogP contribution in [0.15, 0.2) is 48.5 Å². The van der Waals surface area contributed by atoms with Crippen molar-refractivity contribution >= 4 is 23.2 Å². The number of carbonyl (C=O) groups excluding carboxylic acids is 1. The fraction of sp³-hybridized carbons (Fsp3) is 0.133. The number of hydrogen-bond acceptors (Lipinski definition) is 2. The molecule has 0 aromatic heterocycles. The van der Waals surface area contributed by atoms with Gasteiger partial charge in [0.2, 0.25) is 5.91 Å². The molecule has 4 heteroatoms. The van der Waals surface area contributed by atoms with Gasteiger partial charge in [0.05, 0.1) is 0 Å². The van der Waals surface area contributed by atoms with Crippen LogP contribution >= 0.6 is 11.6 Å². The van der Waals surface area contributed by atoms with Crippen LogP contribution in [0.3, 0.4) is 0 Å². The number of carbonyl (C=O) groups is 1. The number of aryl methyl sites for hydroxylation is 1. The molecule has 1 amide bonds. The van der Waals surface area contributed by atoms with E-state index in [9.17, 15) is 4.79 Å². The number of anilines is 1. The Morgan fingerprint density at radius 3 is 2.32 bits per heavy atom. The van der Waals surface area contributed by atoms with Gasteiger partial charge in [-0.1, -0.05) is 23.7 Å². The summed E-state index contributed by atoms with van der Waals surface area (Å²) in [6.45, 7) is 0. The van der Waals surface area contributed by atoms with Crippen LogP contribution in [0, 0.1) is 0 Å². The van der Waals surface area contributed by atoms with Gasteiger partial charge in [-0.2, -0.15) is 0 Å². The number of rotatable bonds is 4. The summed E-state index contributed by atoms with van der Waals surface area (Å²) in [5.74, 6) is 0.185. The Kier molecular flexibility index (Phi) is 4.42. The van der Waals surface area contributed by atoms with Crippen LogP contribution in [-0.4, -0.2) is 11.0 Å². The zero-order valence-electron chi connectivity index (χ0n) is 10.3. The summed E-state index contributed by atoms with van der Waals surface area (Å²) >= 11 is 5.77. The summed E-state index contributed by atoms with van der Waals surface area (Å²) in [4.78, 5) is 11.7. The predicted molar refractivity (Wildman–Crippen MR) is 76.5 cm³/mol. The molecule has 2 aromatic carbocycles. The lowest BCUT2D eigenvalue weighted by Gasteiger charge is -2.05. The topological polar surface area (TPSA) is 49.3 Å². The molecule has 0 aliphatic carbocycles. The van der Waals surface area contributed by atoms with E-state index in [1.807, 2.05) is 12.1 Å². The summed E-state index contributed by atoms with van der Waals surface area (Å²) in [6, 6.07) is 13.9. The van der Waals surface area contributed by atoms with Crippen molar-refractivity contribution in [3.05, 3.63) is 59.1 Å². The van der Waals surface area contributed by atoms with E-state index in [0.29, 0.717) is 17.9 Å². The van der Waals surface area contributed by atoms with Crippen molar-refractivity contribution in [2.75, 3.05) is 5.32 Å². The Hall–Kier alpha value is -2.00. The molecule has 0 bridgehead atoms. The van der Waals surface area contributed by atoms with E-state index >= 15 is 0 Å². The largest absolute Gasteiger partial charge is 0.508 e. The monoisotopic (exact) mass is 275 g/mol. The van der Waals surface area contributed by atoms with Crippen molar-refractivity contribution < 1.29 is 9.90 Å². The predicted octanol–water partition coefficient (Wildman–Crippen LogP) is 3.62. The van der Waals surface area contributed by atoms with Crippen LogP contribution in [0.4, 0.5) is 5.69 Å². The number of benzene rings is 2. The second kappa shape index (κ2) is 6.25. The summed E-state index contributed by atoms with van der Waals surface area (Å²) in [6.07, 6.45) is 1.03. The average molecular weight is 276 g/mol. The first-order valence-electron chi connectivity index (χ1n) is 5.97. The summed E-state index contributed by atoms with van der Waals surface area (Å²) in [5.41, 5.74) is 1.75. The molecule has 98 valence electrons. The molecule has 2 rings (SSSR count). The molecule has 0 radical (unpaired) electrons. The highest BCUT2D eigenvalue weighted by atomic mass is 35.5. The van der Waals surface area contributed by atoms with Crippen LogP contribution < -0.4 is 5.32 Å². The molecule has 0 atom stereocenters. The van der Waals surface area contributed by atoms with E-state index in [4.69, 9.17) is 16.7 Å². The van der Waals surface area contributed by atoms with Crippen molar-refractivity contribution in [2.45, 2.75) is 12.8 Å². The third-order valence-electron chi connectivity index (χ3n) is 2.71. The number of phenols is 1. The van der Waals surface area contributed by atoms with E-state index < -0.39 is 0 Å². The molecule has 19 heavy (non-hydrogen) atoms. The van der Waals surface area contributed by atoms with Crippen molar-refractivity contribution in [3.8, 4) is 5.75 Å². The molecule has 2 N–H and O–H groups in total. The minimum absolute atomic E-state index is 0.0459. The highest BCUT2D eigenvalue weighted by molar-refractivity contribution is 6.30. The van der Waals surface area contributed by atoms with E-state index in [1.54, 1.807) is 36.4 Å². The number of phenolic OH excluding ortho intramolecular Hbond substituents is 1. The number of nitrogens with one attached hydrogen (secondary N) is 1. The van der Waals surface area contributed by atoms with E-state index in [-0.39, 0.29) is 11.7 Å². The summed E-state index contributed by atoms with van der Waals surface area (Å²) in [5, 5.41) is 12.6. The van der Waals surface area contributed by atoms with Gasteiger partial charge in [0.15, 0.2) is 0 Å². The van der Waals surface area contributed by atoms with Crippen molar-refractivity contribution in [3.63, 3.8) is 0 Å². The van der Waals surface area contributed by atoms with Crippen molar-refractivity contribution in [1.82, 2.24) is 0 Å². The lowest BCUT2D eigenvalue weighted by Crippen LogP contribution is -2.12. The second-order valence-corrected chi connectivity index (χ2v) is 4.66. The zero-order chi connectivity index (χ0) is 13.7. The highest BCUT2D eigenvalue weighted by Crippen LogP contribution is 2.14. The third-order valence-corrected chi connectivity index (χ3v) is 2.96. The van der Waals surface area contributed by atoms with Crippen molar-refractivity contribution in [2.24, 2.45) is 0 Å². The van der Waals surface area contributed by atoms with Gasteiger partial charge in [0, 0.05) is 17.1 Å². The number of hydrogen-bond donors (Lipinski definition) is 2. The summed E-state index contributed by atoms with van der Waals surface area (Å²) < 4.78 is 0. The molecular weight excluding hydrogens is 262 g/mol. The molecule has 0 fully saturated rings. The minimum Gasteiger partial charge on any atom is -0.508 e. The molecule has 3 nitrogen and oxygen atoms in total. The van der Waals surface area contributed by atoms with Gasteiger partial charge in [-0.05, 0) is 48.4 Å². The molecule has 0 saturated heterocycles. The quantitative estimate of drug-likeness (QED) is 0.895. The molecule has 0 aliphatic rings. The van der Waals surface area contributed by atoms with Crippen LogP contribution in [-0.2, 0) is 11.2 Å². The smallest absolute Gasteiger partial charge is 0.224 e. The maximum absolute atomic E-state index is 11.7. The Bertz CT molecular complexity index is 549. The average Bonchev–Trinajstić information content (AvgIpc) is 2.41. The lowest BCUT2D eigenvalue weighted by molar-refractivity contribution is -0.116. The van der Waals surface area contributed by atoms with Gasteiger partial charge in [-0.25, -0.2) is 0 Å². The SMILES string of the molecule is O=C(CCc1ccc(O)cc1)Nc1ccc(Cl)cc1. The molecule has 2 aromatic rings. The van der Waals surface area contributed by atoms with E-state index in [2.05, 4.69) is 5.32 Å². The Labute approximate surface area is 116 Å². The van der Waals surface area contributed by atoms with Crippen LogP contribution in [0.1, 0.15) is 12.0 Å². The van der Waals surface area contributed by atoms with Gasteiger partial charge in [0.25, 0.3) is 0 Å². The fourth-order valence-corrected chi connectivity index (χ4v) is 1.80. The van der Waals surface area contributed by atoms with E-state index in [0.717, 1.165) is 11.3 Å². The van der Waals surface area contributed by atoms with Crippen LogP contribution in [0.5, 0.6) is 5.75 Å². The van der Waals surface area contributed by atoms with Crippen LogP contribution in [0.25, 0.3) is 0 Å². The normalized spacial score (nSPS) is 10.2. The van der Waals surface area contributed by atoms with Gasteiger partial charge in [-0.3, -0.25) is 4.79 Å². The number of halogens is 1. The van der Waals surface area contributed by atoms with Crippen molar-refractivity contribution in [1.29, 1.82) is 0 Å². The maximum atomic E-state index is 11.7. The highest BCUT2D eigenvalue weighted by Gasteiger charge is 2.03. The first-order valence-corrected chi connectivity index (χ1v) is 6.34. The Balaban J connectivity index is 1.84. The van der Waals surface area contributed by atoms with E-state index in [1.165, 1.54) is 0 Å². The first kappa shape index (κ1) is 13.4. The number of amides is 1. The maximum Gasteiger partial charge on any atom is 0.224 e. The van der Waals surface area contributed by atoms with Crippen LogP contribution in [0.2, 0.25) is 5.02 Å². The molecule has 0 spiro atoms. The Morgan fingerprint density at radius 1 is 1.05 bits per heavy atom. The van der Waals surface area contributed by atoms with Gasteiger partial charge < -0.3 is 10.4 Å².